The number of hydrogen-bond acceptors (Lipinski definition) is 7. The standard InChI is InChI=1S/C32H29ClFN5O4/c1-31(2)18-43-29-22(31)15-26(38-28(29)20-7-8-24(34)23(33)13-20)32(41,17-39-11-5-10-37-39)16-36-30(40)21-12-19-6-4-9-35-27(19)25(14-21)42-3/h4-15,41H,16-18H2,1-3H3,(H,36,40). The minimum Gasteiger partial charge on any atom is -0.494 e. The highest BCUT2D eigenvalue weighted by Gasteiger charge is 2.40. The molecule has 0 saturated carbocycles. The number of benzene rings is 2. The fourth-order valence-corrected chi connectivity index (χ4v) is 5.43. The van der Waals surface area contributed by atoms with E-state index in [-0.39, 0.29) is 23.8 Å². The lowest BCUT2D eigenvalue weighted by Gasteiger charge is -2.30. The Bertz CT molecular complexity index is 1850. The largest absolute Gasteiger partial charge is 0.494 e. The first-order valence-corrected chi connectivity index (χ1v) is 14.0. The molecule has 0 fully saturated rings. The molecule has 0 bridgehead atoms. The third-order valence-corrected chi connectivity index (χ3v) is 7.92. The van der Waals surface area contributed by atoms with Crippen molar-refractivity contribution in [3.8, 4) is 22.8 Å². The van der Waals surface area contributed by atoms with Crippen molar-refractivity contribution in [3.63, 3.8) is 0 Å². The van der Waals surface area contributed by atoms with E-state index in [1.807, 2.05) is 19.9 Å². The number of methoxy groups -OCH3 is 1. The Morgan fingerprint density at radius 3 is 2.79 bits per heavy atom. The summed E-state index contributed by atoms with van der Waals surface area (Å²) in [5.41, 5.74) is 0.921. The third-order valence-electron chi connectivity index (χ3n) is 7.63. The average molecular weight is 602 g/mol. The number of pyridine rings is 2. The van der Waals surface area contributed by atoms with Crippen LogP contribution in [-0.4, -0.2) is 51.0 Å². The molecule has 1 atom stereocenters. The Labute approximate surface area is 252 Å². The normalized spacial score (nSPS) is 15.0. The summed E-state index contributed by atoms with van der Waals surface area (Å²) in [5, 5.41) is 20.1. The molecule has 43 heavy (non-hydrogen) atoms. The van der Waals surface area contributed by atoms with Crippen molar-refractivity contribution >= 4 is 28.4 Å². The first-order valence-electron chi connectivity index (χ1n) is 13.6. The van der Waals surface area contributed by atoms with Crippen molar-refractivity contribution in [3.05, 3.63) is 101 Å². The van der Waals surface area contributed by atoms with Crippen LogP contribution in [0.4, 0.5) is 4.39 Å². The zero-order valence-corrected chi connectivity index (χ0v) is 24.5. The van der Waals surface area contributed by atoms with Crippen LogP contribution in [0, 0.1) is 5.82 Å². The summed E-state index contributed by atoms with van der Waals surface area (Å²) in [6, 6.07) is 14.8. The van der Waals surface area contributed by atoms with Crippen LogP contribution in [0.15, 0.2) is 73.2 Å². The van der Waals surface area contributed by atoms with Gasteiger partial charge in [-0.1, -0.05) is 31.5 Å². The molecule has 2 N–H and O–H groups in total. The second kappa shape index (κ2) is 10.9. The molecular weight excluding hydrogens is 573 g/mol. The lowest BCUT2D eigenvalue weighted by molar-refractivity contribution is 0.0114. The van der Waals surface area contributed by atoms with E-state index in [0.29, 0.717) is 40.4 Å². The average Bonchev–Trinajstić information content (AvgIpc) is 3.63. The van der Waals surface area contributed by atoms with Gasteiger partial charge in [0.1, 0.15) is 34.1 Å². The van der Waals surface area contributed by atoms with Gasteiger partial charge >= 0.3 is 0 Å². The van der Waals surface area contributed by atoms with Gasteiger partial charge in [-0.15, -0.1) is 0 Å². The maximum atomic E-state index is 14.1. The predicted octanol–water partition coefficient (Wildman–Crippen LogP) is 5.28. The fourth-order valence-electron chi connectivity index (χ4n) is 5.25. The van der Waals surface area contributed by atoms with E-state index in [4.69, 9.17) is 26.1 Å². The molecule has 0 saturated heterocycles. The second-order valence-electron chi connectivity index (χ2n) is 11.2. The van der Waals surface area contributed by atoms with Crippen LogP contribution in [0.25, 0.3) is 22.2 Å². The van der Waals surface area contributed by atoms with Gasteiger partial charge in [-0.25, -0.2) is 9.37 Å². The van der Waals surface area contributed by atoms with E-state index in [0.717, 1.165) is 10.9 Å². The van der Waals surface area contributed by atoms with Crippen LogP contribution in [0.2, 0.25) is 5.02 Å². The van der Waals surface area contributed by atoms with Crippen LogP contribution >= 0.6 is 11.6 Å². The minimum absolute atomic E-state index is 0.0120. The summed E-state index contributed by atoms with van der Waals surface area (Å²) >= 11 is 6.13. The van der Waals surface area contributed by atoms with Crippen molar-refractivity contribution in [2.75, 3.05) is 20.3 Å². The molecule has 11 heteroatoms. The number of amides is 1. The number of halogens is 2. The first kappa shape index (κ1) is 28.6. The number of hydrogen-bond donors (Lipinski definition) is 2. The molecule has 1 aliphatic rings. The number of carbonyl (C=O) groups is 1. The summed E-state index contributed by atoms with van der Waals surface area (Å²) < 4.78 is 27.2. The Kier molecular flexibility index (Phi) is 7.27. The molecule has 220 valence electrons. The van der Waals surface area contributed by atoms with Crippen LogP contribution in [0.3, 0.4) is 0 Å². The summed E-state index contributed by atoms with van der Waals surface area (Å²) in [4.78, 5) is 22.7. The zero-order valence-electron chi connectivity index (χ0n) is 23.8. The number of carbonyl (C=O) groups excluding carboxylic acids is 1. The molecule has 9 nitrogen and oxygen atoms in total. The van der Waals surface area contributed by atoms with Gasteiger partial charge in [-0.3, -0.25) is 14.5 Å². The molecule has 1 aliphatic heterocycles. The number of nitrogens with one attached hydrogen (secondary N) is 1. The first-order chi connectivity index (χ1) is 20.6. The van der Waals surface area contributed by atoms with Gasteiger partial charge in [-0.2, -0.15) is 5.10 Å². The molecular formula is C32H29ClFN5O4. The zero-order chi connectivity index (χ0) is 30.4. The second-order valence-corrected chi connectivity index (χ2v) is 11.6. The highest BCUT2D eigenvalue weighted by molar-refractivity contribution is 6.31. The quantitative estimate of drug-likeness (QED) is 0.249. The molecule has 4 heterocycles. The fraction of sp³-hybridized carbons (Fsp3) is 0.250. The van der Waals surface area contributed by atoms with Crippen molar-refractivity contribution in [1.82, 2.24) is 25.1 Å². The van der Waals surface area contributed by atoms with Gasteiger partial charge in [-0.05, 0) is 48.5 Å². The summed E-state index contributed by atoms with van der Waals surface area (Å²) in [6.45, 7) is 4.24. The van der Waals surface area contributed by atoms with Crippen molar-refractivity contribution in [1.29, 1.82) is 0 Å². The molecule has 3 aromatic heterocycles. The minimum atomic E-state index is -1.71. The smallest absolute Gasteiger partial charge is 0.251 e. The lowest BCUT2D eigenvalue weighted by atomic mass is 9.84. The molecule has 2 aromatic carbocycles. The number of ether oxygens (including phenoxy) is 2. The van der Waals surface area contributed by atoms with Crippen LogP contribution < -0.4 is 14.8 Å². The van der Waals surface area contributed by atoms with E-state index >= 15 is 0 Å². The van der Waals surface area contributed by atoms with Crippen molar-refractivity contribution in [2.45, 2.75) is 31.4 Å². The van der Waals surface area contributed by atoms with Gasteiger partial charge in [0.25, 0.3) is 5.91 Å². The number of fused-ring (bicyclic) bond motifs is 2. The van der Waals surface area contributed by atoms with E-state index < -0.39 is 22.7 Å². The van der Waals surface area contributed by atoms with E-state index in [1.54, 1.807) is 59.7 Å². The molecule has 0 radical (unpaired) electrons. The maximum absolute atomic E-state index is 14.1. The molecule has 1 unspecified atom stereocenters. The predicted molar refractivity (Wildman–Crippen MR) is 160 cm³/mol. The summed E-state index contributed by atoms with van der Waals surface area (Å²) in [7, 11) is 1.52. The van der Waals surface area contributed by atoms with Crippen molar-refractivity contribution < 1.29 is 23.8 Å². The number of aromatic nitrogens is 4. The number of nitrogens with zero attached hydrogens (tertiary/aromatic N) is 4. The van der Waals surface area contributed by atoms with Gasteiger partial charge in [0.15, 0.2) is 0 Å². The van der Waals surface area contributed by atoms with Crippen LogP contribution in [0.5, 0.6) is 11.5 Å². The molecule has 0 spiro atoms. The van der Waals surface area contributed by atoms with Gasteiger partial charge in [0, 0.05) is 46.1 Å². The van der Waals surface area contributed by atoms with Crippen LogP contribution in [-0.2, 0) is 17.6 Å². The highest BCUT2D eigenvalue weighted by atomic mass is 35.5. The van der Waals surface area contributed by atoms with E-state index in [2.05, 4.69) is 15.4 Å². The summed E-state index contributed by atoms with van der Waals surface area (Å²) in [6.07, 6.45) is 4.98. The molecule has 5 aromatic rings. The molecule has 0 aliphatic carbocycles. The highest BCUT2D eigenvalue weighted by Crippen LogP contribution is 2.45. The Morgan fingerprint density at radius 2 is 2.05 bits per heavy atom. The van der Waals surface area contributed by atoms with Gasteiger partial charge in [0.05, 0.1) is 37.5 Å². The topological polar surface area (TPSA) is 111 Å². The van der Waals surface area contributed by atoms with E-state index in [1.165, 1.54) is 19.2 Å². The van der Waals surface area contributed by atoms with Gasteiger partial charge < -0.3 is 19.9 Å². The lowest BCUT2D eigenvalue weighted by Crippen LogP contribution is -2.44. The maximum Gasteiger partial charge on any atom is 0.251 e. The Balaban J connectivity index is 1.42. The molecule has 6 rings (SSSR count). The third kappa shape index (κ3) is 5.39. The van der Waals surface area contributed by atoms with Gasteiger partial charge in [0.2, 0.25) is 0 Å². The van der Waals surface area contributed by atoms with E-state index in [9.17, 15) is 14.3 Å². The summed E-state index contributed by atoms with van der Waals surface area (Å²) in [5.74, 6) is 0.0238. The van der Waals surface area contributed by atoms with Crippen molar-refractivity contribution in [2.24, 2.45) is 0 Å². The van der Waals surface area contributed by atoms with Crippen LogP contribution in [0.1, 0.15) is 35.5 Å². The number of rotatable bonds is 8. The molecule has 1 amide bonds. The Morgan fingerprint density at radius 1 is 1.21 bits per heavy atom. The SMILES string of the molecule is COc1cc(C(=O)NCC(O)(Cn2cccn2)c2cc3c(c(-c4ccc(F)c(Cl)c4)n2)OCC3(C)C)cc2cccnc12. The monoisotopic (exact) mass is 601 g/mol. The number of aliphatic hydroxyl groups is 1. The Hall–Kier alpha value is -4.54.